The Hall–Kier alpha value is -3.35. The predicted octanol–water partition coefficient (Wildman–Crippen LogP) is 4.73. The van der Waals surface area contributed by atoms with Crippen molar-refractivity contribution in [2.45, 2.75) is 25.7 Å². The number of allylic oxidation sites excluding steroid dienone is 1. The maximum atomic E-state index is 14.0. The van der Waals surface area contributed by atoms with Gasteiger partial charge in [0.25, 0.3) is 0 Å². The molecule has 1 N–H and O–H groups in total. The largest absolute Gasteiger partial charge is 0.489 e. The van der Waals surface area contributed by atoms with Gasteiger partial charge < -0.3 is 10.1 Å². The highest BCUT2D eigenvalue weighted by Gasteiger charge is 2.57. The van der Waals surface area contributed by atoms with Crippen LogP contribution in [0.1, 0.15) is 23.5 Å². The van der Waals surface area contributed by atoms with Crippen molar-refractivity contribution in [2.75, 3.05) is 11.9 Å². The fourth-order valence-electron chi connectivity index (χ4n) is 3.74. The molecule has 1 unspecified atom stereocenters. The number of hydrogen-bond donors (Lipinski definition) is 1. The van der Waals surface area contributed by atoms with Gasteiger partial charge in [-0.1, -0.05) is 18.7 Å². The molecule has 2 atom stereocenters. The zero-order valence-corrected chi connectivity index (χ0v) is 16.8. The minimum absolute atomic E-state index is 0.00201. The Bertz CT molecular complexity index is 1090. The van der Waals surface area contributed by atoms with Crippen LogP contribution in [-0.4, -0.2) is 21.6 Å². The number of nitrogens with one attached hydrogen (secondary N) is 1. The van der Waals surface area contributed by atoms with Gasteiger partial charge >= 0.3 is 0 Å². The van der Waals surface area contributed by atoms with Crippen molar-refractivity contribution < 1.29 is 13.5 Å². The molecule has 154 valence electrons. The van der Waals surface area contributed by atoms with Crippen LogP contribution in [0.4, 0.5) is 14.6 Å². The van der Waals surface area contributed by atoms with Crippen LogP contribution in [0.2, 0.25) is 0 Å². The van der Waals surface area contributed by atoms with Crippen LogP contribution in [0.3, 0.4) is 0 Å². The second-order valence-corrected chi connectivity index (χ2v) is 7.59. The molecule has 1 aliphatic carbocycles. The lowest BCUT2D eigenvalue weighted by atomic mass is 9.93. The molecule has 3 aromatic rings. The summed E-state index contributed by atoms with van der Waals surface area (Å²) in [6.07, 6.45) is 3.53. The average molecular weight is 408 g/mol. The van der Waals surface area contributed by atoms with Gasteiger partial charge in [-0.15, -0.1) is 0 Å². The Morgan fingerprint density at radius 2 is 2.00 bits per heavy atom. The number of hydrogen-bond acceptors (Lipinski definition) is 5. The first-order chi connectivity index (χ1) is 14.4. The first kappa shape index (κ1) is 19.9. The number of anilines is 1. The number of ether oxygens (including phenoxy) is 1. The molecule has 0 spiro atoms. The highest BCUT2D eigenvalue weighted by Crippen LogP contribution is 2.57. The molecule has 1 aromatic carbocycles. The topological polar surface area (TPSA) is 59.9 Å². The van der Waals surface area contributed by atoms with Crippen molar-refractivity contribution in [3.63, 3.8) is 0 Å². The molecular formula is C23H22F2N4O. The standard InChI is InChI=1S/C23H22F2N4O/c1-14(29-22-8-7-19(25)11-27-22)20-10-23(20,17-5-4-6-18(24)9-17)13-30-21-12-26-16(3)28-15(21)2/h4-9,11-12,20H,1,10,13H2,2-3H3,(H,27,29)/t20?,23-/m1/s1. The number of rotatable bonds is 7. The molecule has 30 heavy (non-hydrogen) atoms. The van der Waals surface area contributed by atoms with Gasteiger partial charge in [0, 0.05) is 17.0 Å². The summed E-state index contributed by atoms with van der Waals surface area (Å²) < 4.78 is 33.2. The van der Waals surface area contributed by atoms with E-state index in [1.165, 1.54) is 18.2 Å². The summed E-state index contributed by atoms with van der Waals surface area (Å²) in [6, 6.07) is 9.43. The van der Waals surface area contributed by atoms with Gasteiger partial charge in [-0.25, -0.2) is 23.7 Å². The first-order valence-corrected chi connectivity index (χ1v) is 9.64. The van der Waals surface area contributed by atoms with Crippen LogP contribution in [0.5, 0.6) is 5.75 Å². The SMILES string of the molecule is C=C(Nc1ccc(F)cn1)C1C[C@@]1(COc1cnc(C)nc1C)c1cccc(F)c1. The molecule has 5 nitrogen and oxygen atoms in total. The lowest BCUT2D eigenvalue weighted by Gasteiger charge is -2.21. The van der Waals surface area contributed by atoms with Gasteiger partial charge in [-0.2, -0.15) is 0 Å². The molecule has 0 radical (unpaired) electrons. The van der Waals surface area contributed by atoms with Crippen molar-refractivity contribution in [3.05, 3.63) is 89.8 Å². The predicted molar refractivity (Wildman–Crippen MR) is 110 cm³/mol. The zero-order chi connectivity index (χ0) is 21.3. The zero-order valence-electron chi connectivity index (χ0n) is 16.8. The van der Waals surface area contributed by atoms with E-state index in [2.05, 4.69) is 26.8 Å². The van der Waals surface area contributed by atoms with Crippen LogP contribution in [-0.2, 0) is 5.41 Å². The summed E-state index contributed by atoms with van der Waals surface area (Å²) in [5.74, 6) is 1.07. The number of benzene rings is 1. The number of nitrogens with zero attached hydrogens (tertiary/aromatic N) is 3. The normalized spacial score (nSPS) is 19.9. The smallest absolute Gasteiger partial charge is 0.158 e. The van der Waals surface area contributed by atoms with Crippen molar-refractivity contribution in [1.29, 1.82) is 0 Å². The minimum Gasteiger partial charge on any atom is -0.489 e. The van der Waals surface area contributed by atoms with Gasteiger partial charge in [0.15, 0.2) is 5.75 Å². The molecule has 2 aromatic heterocycles. The van der Waals surface area contributed by atoms with Crippen LogP contribution < -0.4 is 10.1 Å². The summed E-state index contributed by atoms with van der Waals surface area (Å²) >= 11 is 0. The Balaban J connectivity index is 1.56. The highest BCUT2D eigenvalue weighted by atomic mass is 19.1. The fourth-order valence-corrected chi connectivity index (χ4v) is 3.74. The minimum atomic E-state index is -0.441. The second-order valence-electron chi connectivity index (χ2n) is 7.59. The van der Waals surface area contributed by atoms with Crippen LogP contribution in [0, 0.1) is 31.4 Å². The molecule has 0 aliphatic heterocycles. The quantitative estimate of drug-likeness (QED) is 0.613. The Morgan fingerprint density at radius 1 is 1.17 bits per heavy atom. The summed E-state index contributed by atoms with van der Waals surface area (Å²) in [4.78, 5) is 12.6. The lowest BCUT2D eigenvalue weighted by molar-refractivity contribution is 0.267. The molecule has 0 saturated heterocycles. The van der Waals surface area contributed by atoms with Gasteiger partial charge in [-0.3, -0.25) is 0 Å². The van der Waals surface area contributed by atoms with Gasteiger partial charge in [0.05, 0.1) is 24.7 Å². The molecule has 1 saturated carbocycles. The van der Waals surface area contributed by atoms with Gasteiger partial charge in [0.1, 0.15) is 23.3 Å². The lowest BCUT2D eigenvalue weighted by Crippen LogP contribution is -2.23. The van der Waals surface area contributed by atoms with Crippen molar-refractivity contribution in [3.8, 4) is 5.75 Å². The molecule has 2 heterocycles. The summed E-state index contributed by atoms with van der Waals surface area (Å²) in [6.45, 7) is 8.15. The molecule has 0 bridgehead atoms. The van der Waals surface area contributed by atoms with E-state index in [0.29, 0.717) is 24.0 Å². The van der Waals surface area contributed by atoms with Gasteiger partial charge in [0.2, 0.25) is 0 Å². The average Bonchev–Trinajstić information content (AvgIpc) is 3.45. The Morgan fingerprint density at radius 3 is 2.70 bits per heavy atom. The van der Waals surface area contributed by atoms with Crippen molar-refractivity contribution in [2.24, 2.45) is 5.92 Å². The van der Waals surface area contributed by atoms with E-state index < -0.39 is 11.2 Å². The second kappa shape index (κ2) is 7.82. The molecule has 7 heteroatoms. The summed E-state index contributed by atoms with van der Waals surface area (Å²) in [7, 11) is 0. The first-order valence-electron chi connectivity index (χ1n) is 9.64. The van der Waals surface area contributed by atoms with E-state index in [4.69, 9.17) is 4.74 Å². The third-order valence-electron chi connectivity index (χ3n) is 5.45. The van der Waals surface area contributed by atoms with Crippen LogP contribution >= 0.6 is 0 Å². The molecular weight excluding hydrogens is 386 g/mol. The molecule has 1 fully saturated rings. The third kappa shape index (κ3) is 4.01. The Labute approximate surface area is 173 Å². The van der Waals surface area contributed by atoms with Gasteiger partial charge in [-0.05, 0) is 50.1 Å². The fraction of sp³-hybridized carbons (Fsp3) is 0.261. The monoisotopic (exact) mass is 408 g/mol. The van der Waals surface area contributed by atoms with Crippen LogP contribution in [0.25, 0.3) is 0 Å². The Kier molecular flexibility index (Phi) is 5.20. The molecule has 1 aliphatic rings. The van der Waals surface area contributed by atoms with E-state index in [1.54, 1.807) is 18.3 Å². The number of aryl methyl sites for hydroxylation is 2. The number of halogens is 2. The maximum Gasteiger partial charge on any atom is 0.158 e. The van der Waals surface area contributed by atoms with Crippen molar-refractivity contribution in [1.82, 2.24) is 15.0 Å². The summed E-state index contributed by atoms with van der Waals surface area (Å²) in [5, 5.41) is 3.14. The third-order valence-corrected chi connectivity index (χ3v) is 5.45. The van der Waals surface area contributed by atoms with E-state index >= 15 is 0 Å². The molecule has 0 amide bonds. The van der Waals surface area contributed by atoms with E-state index in [1.807, 2.05) is 19.9 Å². The van der Waals surface area contributed by atoms with E-state index in [0.717, 1.165) is 29.6 Å². The maximum absolute atomic E-state index is 14.0. The number of pyridine rings is 1. The number of aromatic nitrogens is 3. The van der Waals surface area contributed by atoms with E-state index in [-0.39, 0.29) is 11.7 Å². The van der Waals surface area contributed by atoms with Crippen molar-refractivity contribution >= 4 is 5.82 Å². The van der Waals surface area contributed by atoms with Crippen LogP contribution in [0.15, 0.2) is 61.1 Å². The summed E-state index contributed by atoms with van der Waals surface area (Å²) in [5.41, 5.74) is 1.87. The molecule has 4 rings (SSSR count). The van der Waals surface area contributed by atoms with E-state index in [9.17, 15) is 8.78 Å². The highest BCUT2D eigenvalue weighted by molar-refractivity contribution is 5.47.